The molecule has 1 saturated heterocycles. The third-order valence-electron chi connectivity index (χ3n) is 4.63. The summed E-state index contributed by atoms with van der Waals surface area (Å²) in [5, 5.41) is 2.85. The van der Waals surface area contributed by atoms with Gasteiger partial charge in [-0.3, -0.25) is 9.59 Å². The highest BCUT2D eigenvalue weighted by Gasteiger charge is 2.26. The summed E-state index contributed by atoms with van der Waals surface area (Å²) in [7, 11) is 0. The third-order valence-corrected chi connectivity index (χ3v) is 4.63. The van der Waals surface area contributed by atoms with Gasteiger partial charge in [-0.05, 0) is 36.4 Å². The van der Waals surface area contributed by atoms with Crippen LogP contribution in [-0.2, 0) is 6.54 Å². The number of piperazine rings is 1. The molecule has 28 heavy (non-hydrogen) atoms. The largest absolute Gasteiger partial charge is 0.467 e. The van der Waals surface area contributed by atoms with Gasteiger partial charge in [-0.1, -0.05) is 0 Å². The molecule has 8 heteroatoms. The Labute approximate surface area is 161 Å². The molecule has 0 radical (unpaired) electrons. The predicted molar refractivity (Wildman–Crippen MR) is 101 cm³/mol. The maximum absolute atomic E-state index is 12.6. The zero-order valence-electron chi connectivity index (χ0n) is 15.2. The molecule has 0 aliphatic carbocycles. The molecule has 0 unspecified atom stereocenters. The second kappa shape index (κ2) is 7.99. The van der Waals surface area contributed by atoms with Gasteiger partial charge in [0.1, 0.15) is 11.6 Å². The summed E-state index contributed by atoms with van der Waals surface area (Å²) in [4.78, 5) is 33.2. The molecule has 8 nitrogen and oxygen atoms in total. The van der Waals surface area contributed by atoms with Gasteiger partial charge in [-0.25, -0.2) is 4.98 Å². The first kappa shape index (κ1) is 17.8. The molecule has 4 heterocycles. The van der Waals surface area contributed by atoms with E-state index >= 15 is 0 Å². The van der Waals surface area contributed by atoms with Gasteiger partial charge in [0, 0.05) is 32.4 Å². The lowest BCUT2D eigenvalue weighted by atomic mass is 10.2. The molecule has 2 amide bonds. The first-order valence-corrected chi connectivity index (χ1v) is 9.05. The SMILES string of the molecule is O=C(NCc1ccco1)c1cccnc1N1CCN(C(=O)c2ccco2)CC1. The van der Waals surface area contributed by atoms with E-state index in [9.17, 15) is 9.59 Å². The number of nitrogens with zero attached hydrogens (tertiary/aromatic N) is 3. The summed E-state index contributed by atoms with van der Waals surface area (Å²) >= 11 is 0. The van der Waals surface area contributed by atoms with Crippen LogP contribution in [0.3, 0.4) is 0 Å². The molecule has 1 aliphatic heterocycles. The van der Waals surface area contributed by atoms with Gasteiger partial charge in [0.15, 0.2) is 5.76 Å². The minimum absolute atomic E-state index is 0.123. The first-order chi connectivity index (χ1) is 13.7. The van der Waals surface area contributed by atoms with E-state index in [1.54, 1.807) is 53.8 Å². The molecular weight excluding hydrogens is 360 g/mol. The van der Waals surface area contributed by atoms with Crippen molar-refractivity contribution in [2.45, 2.75) is 6.54 Å². The number of hydrogen-bond donors (Lipinski definition) is 1. The Morgan fingerprint density at radius 2 is 1.79 bits per heavy atom. The van der Waals surface area contributed by atoms with Gasteiger partial charge in [-0.2, -0.15) is 0 Å². The molecule has 1 aliphatic rings. The Morgan fingerprint density at radius 3 is 2.50 bits per heavy atom. The molecule has 0 atom stereocenters. The Morgan fingerprint density at radius 1 is 1.00 bits per heavy atom. The van der Waals surface area contributed by atoms with Gasteiger partial charge < -0.3 is 24.0 Å². The van der Waals surface area contributed by atoms with Crippen LogP contribution in [0.15, 0.2) is 64.0 Å². The number of amides is 2. The smallest absolute Gasteiger partial charge is 0.289 e. The lowest BCUT2D eigenvalue weighted by molar-refractivity contribution is 0.0713. The summed E-state index contributed by atoms with van der Waals surface area (Å²) in [6.07, 6.45) is 4.73. The molecule has 0 saturated carbocycles. The van der Waals surface area contributed by atoms with Gasteiger partial charge >= 0.3 is 0 Å². The normalized spacial score (nSPS) is 14.1. The van der Waals surface area contributed by atoms with E-state index in [0.717, 1.165) is 0 Å². The fraction of sp³-hybridized carbons (Fsp3) is 0.250. The fourth-order valence-corrected chi connectivity index (χ4v) is 3.18. The molecule has 1 N–H and O–H groups in total. The van der Waals surface area contributed by atoms with E-state index in [1.807, 2.05) is 4.90 Å². The number of rotatable bonds is 5. The lowest BCUT2D eigenvalue weighted by Crippen LogP contribution is -2.49. The highest BCUT2D eigenvalue weighted by Crippen LogP contribution is 2.20. The van der Waals surface area contributed by atoms with E-state index in [4.69, 9.17) is 8.83 Å². The molecule has 0 aromatic carbocycles. The minimum Gasteiger partial charge on any atom is -0.467 e. The number of carbonyl (C=O) groups is 2. The van der Waals surface area contributed by atoms with Crippen LogP contribution in [0.25, 0.3) is 0 Å². The van der Waals surface area contributed by atoms with Gasteiger partial charge in [0.25, 0.3) is 11.8 Å². The number of furan rings is 2. The maximum atomic E-state index is 12.6. The number of aromatic nitrogens is 1. The molecule has 3 aromatic rings. The van der Waals surface area contributed by atoms with Crippen molar-refractivity contribution in [2.75, 3.05) is 31.1 Å². The van der Waals surface area contributed by atoms with Crippen molar-refractivity contribution in [1.82, 2.24) is 15.2 Å². The van der Waals surface area contributed by atoms with Crippen LogP contribution in [-0.4, -0.2) is 47.9 Å². The third kappa shape index (κ3) is 3.75. The number of nitrogens with one attached hydrogen (secondary N) is 1. The topological polar surface area (TPSA) is 91.8 Å². The molecule has 3 aromatic heterocycles. The minimum atomic E-state index is -0.214. The average Bonchev–Trinajstić information content (AvgIpc) is 3.46. The molecule has 0 spiro atoms. The van der Waals surface area contributed by atoms with E-state index < -0.39 is 0 Å². The second-order valence-electron chi connectivity index (χ2n) is 6.39. The monoisotopic (exact) mass is 380 g/mol. The van der Waals surface area contributed by atoms with Crippen LogP contribution in [0, 0.1) is 0 Å². The number of anilines is 1. The summed E-state index contributed by atoms with van der Waals surface area (Å²) in [6, 6.07) is 10.4. The van der Waals surface area contributed by atoms with Crippen molar-refractivity contribution in [2.24, 2.45) is 0 Å². The summed E-state index contributed by atoms with van der Waals surface area (Å²) < 4.78 is 10.4. The summed E-state index contributed by atoms with van der Waals surface area (Å²) in [5.74, 6) is 1.30. The van der Waals surface area contributed by atoms with E-state index in [2.05, 4.69) is 10.3 Å². The van der Waals surface area contributed by atoms with Crippen molar-refractivity contribution in [3.05, 3.63) is 72.2 Å². The van der Waals surface area contributed by atoms with E-state index in [0.29, 0.717) is 55.6 Å². The van der Waals surface area contributed by atoms with Crippen LogP contribution in [0.4, 0.5) is 5.82 Å². The van der Waals surface area contributed by atoms with E-state index in [1.165, 1.54) is 6.26 Å². The van der Waals surface area contributed by atoms with Crippen LogP contribution < -0.4 is 10.2 Å². The van der Waals surface area contributed by atoms with Crippen LogP contribution >= 0.6 is 0 Å². The summed E-state index contributed by atoms with van der Waals surface area (Å²) in [5.41, 5.74) is 0.500. The first-order valence-electron chi connectivity index (χ1n) is 9.05. The standard InChI is InChI=1S/C20H20N4O4/c25-19(22-14-15-4-2-12-27-15)16-5-1-7-21-18(16)23-8-10-24(11-9-23)20(26)17-6-3-13-28-17/h1-7,12-13H,8-11,14H2,(H,22,25). The number of carbonyl (C=O) groups excluding carboxylic acids is 2. The molecule has 144 valence electrons. The van der Waals surface area contributed by atoms with Crippen molar-refractivity contribution in [3.8, 4) is 0 Å². The van der Waals surface area contributed by atoms with Gasteiger partial charge in [0.05, 0.1) is 24.6 Å². The Kier molecular flexibility index (Phi) is 5.09. The van der Waals surface area contributed by atoms with E-state index in [-0.39, 0.29) is 11.8 Å². The van der Waals surface area contributed by atoms with Gasteiger partial charge in [-0.15, -0.1) is 0 Å². The predicted octanol–water partition coefficient (Wildman–Crippen LogP) is 2.16. The fourth-order valence-electron chi connectivity index (χ4n) is 3.18. The maximum Gasteiger partial charge on any atom is 0.289 e. The summed E-state index contributed by atoms with van der Waals surface area (Å²) in [6.45, 7) is 2.54. The Bertz CT molecular complexity index is 929. The average molecular weight is 380 g/mol. The van der Waals surface area contributed by atoms with Gasteiger partial charge in [0.2, 0.25) is 0 Å². The highest BCUT2D eigenvalue weighted by atomic mass is 16.3. The molecule has 0 bridgehead atoms. The number of pyridine rings is 1. The Balaban J connectivity index is 1.41. The quantitative estimate of drug-likeness (QED) is 0.729. The van der Waals surface area contributed by atoms with Crippen LogP contribution in [0.5, 0.6) is 0 Å². The second-order valence-corrected chi connectivity index (χ2v) is 6.39. The molecule has 4 rings (SSSR count). The van der Waals surface area contributed by atoms with Crippen LogP contribution in [0.1, 0.15) is 26.7 Å². The van der Waals surface area contributed by atoms with Crippen LogP contribution in [0.2, 0.25) is 0 Å². The zero-order chi connectivity index (χ0) is 19.3. The molecular formula is C20H20N4O4. The Hall–Kier alpha value is -3.55. The zero-order valence-corrected chi connectivity index (χ0v) is 15.2. The van der Waals surface area contributed by atoms with Crippen molar-refractivity contribution < 1.29 is 18.4 Å². The number of hydrogen-bond acceptors (Lipinski definition) is 6. The molecule has 1 fully saturated rings. The highest BCUT2D eigenvalue weighted by molar-refractivity contribution is 5.99. The lowest BCUT2D eigenvalue weighted by Gasteiger charge is -2.35. The van der Waals surface area contributed by atoms with Crippen molar-refractivity contribution >= 4 is 17.6 Å². The van der Waals surface area contributed by atoms with Crippen molar-refractivity contribution in [1.29, 1.82) is 0 Å². The van der Waals surface area contributed by atoms with Crippen molar-refractivity contribution in [3.63, 3.8) is 0 Å².